The van der Waals surface area contributed by atoms with Gasteiger partial charge in [-0.15, -0.1) is 5.10 Å². The zero-order valence-corrected chi connectivity index (χ0v) is 20.6. The molecule has 1 aromatic carbocycles. The maximum absolute atomic E-state index is 6.39. The summed E-state index contributed by atoms with van der Waals surface area (Å²) in [5.74, 6) is 1.68. The van der Waals surface area contributed by atoms with Crippen molar-refractivity contribution < 1.29 is 4.74 Å². The van der Waals surface area contributed by atoms with Crippen molar-refractivity contribution >= 4 is 16.9 Å². The van der Waals surface area contributed by atoms with E-state index in [0.717, 1.165) is 35.0 Å². The lowest BCUT2D eigenvalue weighted by atomic mass is 9.89. The smallest absolute Gasteiger partial charge is 0.238 e. The third-order valence-corrected chi connectivity index (χ3v) is 7.69. The number of likely N-dealkylation sites (N-methyl/N-ethyl adjacent to an activating group) is 1. The van der Waals surface area contributed by atoms with Gasteiger partial charge in [-0.3, -0.25) is 4.90 Å². The summed E-state index contributed by atoms with van der Waals surface area (Å²) in [6.45, 7) is 4.71. The van der Waals surface area contributed by atoms with Crippen molar-refractivity contribution in [1.29, 1.82) is 0 Å². The minimum absolute atomic E-state index is 0.415. The molecule has 0 amide bonds. The summed E-state index contributed by atoms with van der Waals surface area (Å²) in [5.41, 5.74) is 9.41. The van der Waals surface area contributed by atoms with Crippen molar-refractivity contribution in [2.24, 2.45) is 0 Å². The molecule has 0 spiro atoms. The van der Waals surface area contributed by atoms with Crippen LogP contribution in [0.25, 0.3) is 22.2 Å². The van der Waals surface area contributed by atoms with E-state index in [-0.39, 0.29) is 0 Å². The molecule has 1 aliphatic heterocycles. The van der Waals surface area contributed by atoms with Gasteiger partial charge in [0.15, 0.2) is 0 Å². The van der Waals surface area contributed by atoms with Crippen LogP contribution < -0.4 is 10.5 Å². The Kier molecular flexibility index (Phi) is 6.25. The SMILES string of the molecule is CN1CCN(C2CCC(n3cc(-c4ccc(Oc5cccnn5)cc4)c4c(N)ncnc43)CC2)CC1. The standard InChI is InChI=1S/C27H32N8O/c1-33-13-15-34(16-14-33)20-6-8-21(9-7-20)35-17-23(25-26(28)29-18-30-27(25)35)19-4-10-22(11-5-19)36-24-3-2-12-31-32-24/h2-5,10-12,17-18,20-21H,6-9,13-16H2,1H3,(H2,28,29,30). The van der Waals surface area contributed by atoms with Gasteiger partial charge >= 0.3 is 0 Å². The highest BCUT2D eigenvalue weighted by molar-refractivity contribution is 6.00. The highest BCUT2D eigenvalue weighted by Gasteiger charge is 2.29. The van der Waals surface area contributed by atoms with E-state index in [1.807, 2.05) is 24.3 Å². The Morgan fingerprint density at radius 2 is 1.67 bits per heavy atom. The van der Waals surface area contributed by atoms with Crippen molar-refractivity contribution in [3.8, 4) is 22.8 Å². The van der Waals surface area contributed by atoms with Crippen molar-refractivity contribution in [1.82, 2.24) is 34.5 Å². The first-order valence-corrected chi connectivity index (χ1v) is 12.8. The molecule has 0 radical (unpaired) electrons. The zero-order valence-electron chi connectivity index (χ0n) is 20.6. The lowest BCUT2D eigenvalue weighted by Gasteiger charge is -2.41. The van der Waals surface area contributed by atoms with Gasteiger partial charge in [0, 0.05) is 62.3 Å². The maximum Gasteiger partial charge on any atom is 0.238 e. The van der Waals surface area contributed by atoms with Gasteiger partial charge in [-0.05, 0) is 56.5 Å². The van der Waals surface area contributed by atoms with Crippen molar-refractivity contribution in [3.05, 3.63) is 55.1 Å². The number of nitrogen functional groups attached to an aromatic ring is 1. The highest BCUT2D eigenvalue weighted by atomic mass is 16.5. The van der Waals surface area contributed by atoms with Gasteiger partial charge in [0.2, 0.25) is 5.88 Å². The van der Waals surface area contributed by atoms with Gasteiger partial charge in [0.05, 0.1) is 5.39 Å². The molecule has 4 aromatic rings. The largest absolute Gasteiger partial charge is 0.438 e. The summed E-state index contributed by atoms with van der Waals surface area (Å²) in [4.78, 5) is 14.1. The van der Waals surface area contributed by atoms with Gasteiger partial charge in [0.25, 0.3) is 0 Å². The zero-order chi connectivity index (χ0) is 24.5. The molecule has 2 fully saturated rings. The van der Waals surface area contributed by atoms with Crippen LogP contribution in [-0.2, 0) is 0 Å². The van der Waals surface area contributed by atoms with Gasteiger partial charge in [-0.1, -0.05) is 12.1 Å². The number of nitrogens with zero attached hydrogens (tertiary/aromatic N) is 7. The molecular formula is C27H32N8O. The van der Waals surface area contributed by atoms with Crippen LogP contribution in [0.4, 0.5) is 5.82 Å². The fourth-order valence-electron chi connectivity index (χ4n) is 5.66. The predicted octanol–water partition coefficient (Wildman–Crippen LogP) is 3.99. The first kappa shape index (κ1) is 22.9. The molecule has 6 rings (SSSR count). The average molecular weight is 485 g/mol. The van der Waals surface area contributed by atoms with Crippen LogP contribution in [0, 0.1) is 0 Å². The normalized spacial score (nSPS) is 21.6. The number of aromatic nitrogens is 5. The van der Waals surface area contributed by atoms with E-state index >= 15 is 0 Å². The number of piperazine rings is 1. The van der Waals surface area contributed by atoms with E-state index in [0.29, 0.717) is 29.5 Å². The van der Waals surface area contributed by atoms with E-state index < -0.39 is 0 Å². The molecule has 4 heterocycles. The van der Waals surface area contributed by atoms with Gasteiger partial charge in [0.1, 0.15) is 23.5 Å². The van der Waals surface area contributed by atoms with E-state index in [2.05, 4.69) is 47.8 Å². The molecule has 2 N–H and O–H groups in total. The minimum atomic E-state index is 0.415. The van der Waals surface area contributed by atoms with Crippen molar-refractivity contribution in [2.75, 3.05) is 39.0 Å². The molecule has 2 aliphatic rings. The van der Waals surface area contributed by atoms with Crippen LogP contribution in [0.2, 0.25) is 0 Å². The predicted molar refractivity (Wildman–Crippen MR) is 140 cm³/mol. The first-order chi connectivity index (χ1) is 17.7. The third kappa shape index (κ3) is 4.52. The second kappa shape index (κ2) is 9.83. The highest BCUT2D eigenvalue weighted by Crippen LogP contribution is 2.39. The van der Waals surface area contributed by atoms with E-state index in [1.165, 1.54) is 39.0 Å². The monoisotopic (exact) mass is 484 g/mol. The molecule has 186 valence electrons. The summed E-state index contributed by atoms with van der Waals surface area (Å²) in [5, 5.41) is 8.77. The van der Waals surface area contributed by atoms with Crippen LogP contribution in [0.15, 0.2) is 55.1 Å². The fraction of sp³-hybridized carbons (Fsp3) is 0.407. The first-order valence-electron chi connectivity index (χ1n) is 12.8. The number of anilines is 1. The van der Waals surface area contributed by atoms with Crippen molar-refractivity contribution in [2.45, 2.75) is 37.8 Å². The summed E-state index contributed by atoms with van der Waals surface area (Å²) in [7, 11) is 2.22. The molecule has 0 bridgehead atoms. The molecule has 3 aromatic heterocycles. The topological polar surface area (TPSA) is 98.2 Å². The third-order valence-electron chi connectivity index (χ3n) is 7.69. The lowest BCUT2D eigenvalue weighted by molar-refractivity contribution is 0.0828. The van der Waals surface area contributed by atoms with Crippen LogP contribution in [0.5, 0.6) is 11.6 Å². The molecule has 0 atom stereocenters. The minimum Gasteiger partial charge on any atom is -0.438 e. The molecule has 1 aliphatic carbocycles. The Labute approximate surface area is 210 Å². The fourth-order valence-corrected chi connectivity index (χ4v) is 5.66. The summed E-state index contributed by atoms with van der Waals surface area (Å²) < 4.78 is 8.15. The molecule has 0 unspecified atom stereocenters. The molecule has 1 saturated heterocycles. The number of ether oxygens (including phenoxy) is 1. The van der Waals surface area contributed by atoms with E-state index in [9.17, 15) is 0 Å². The Balaban J connectivity index is 1.24. The molecule has 1 saturated carbocycles. The molecule has 9 nitrogen and oxygen atoms in total. The Morgan fingerprint density at radius 1 is 0.917 bits per heavy atom. The Hall–Kier alpha value is -3.56. The van der Waals surface area contributed by atoms with Crippen LogP contribution in [-0.4, -0.2) is 73.8 Å². The number of hydrogen-bond acceptors (Lipinski definition) is 8. The summed E-state index contributed by atoms with van der Waals surface area (Å²) in [6, 6.07) is 12.7. The van der Waals surface area contributed by atoms with Gasteiger partial charge < -0.3 is 19.9 Å². The van der Waals surface area contributed by atoms with E-state index in [4.69, 9.17) is 10.5 Å². The van der Waals surface area contributed by atoms with Crippen LogP contribution in [0.1, 0.15) is 31.7 Å². The van der Waals surface area contributed by atoms with Gasteiger partial charge in [-0.2, -0.15) is 5.10 Å². The summed E-state index contributed by atoms with van der Waals surface area (Å²) in [6.07, 6.45) is 10.2. The van der Waals surface area contributed by atoms with E-state index in [1.54, 1.807) is 24.7 Å². The number of fused-ring (bicyclic) bond motifs is 1. The summed E-state index contributed by atoms with van der Waals surface area (Å²) >= 11 is 0. The molecular weight excluding hydrogens is 452 g/mol. The number of rotatable bonds is 5. The molecule has 9 heteroatoms. The number of hydrogen-bond donors (Lipinski definition) is 1. The van der Waals surface area contributed by atoms with Crippen LogP contribution in [0.3, 0.4) is 0 Å². The lowest BCUT2D eigenvalue weighted by Crippen LogP contribution is -2.49. The Bertz CT molecular complexity index is 1310. The Morgan fingerprint density at radius 3 is 2.39 bits per heavy atom. The number of benzene rings is 1. The second-order valence-corrected chi connectivity index (χ2v) is 9.90. The van der Waals surface area contributed by atoms with Crippen LogP contribution >= 0.6 is 0 Å². The maximum atomic E-state index is 6.39. The van der Waals surface area contributed by atoms with Crippen molar-refractivity contribution in [3.63, 3.8) is 0 Å². The quantitative estimate of drug-likeness (QED) is 0.454. The second-order valence-electron chi connectivity index (χ2n) is 9.90. The number of nitrogens with two attached hydrogens (primary N) is 1. The molecule has 36 heavy (non-hydrogen) atoms. The average Bonchev–Trinajstić information content (AvgIpc) is 3.31. The van der Waals surface area contributed by atoms with Gasteiger partial charge in [-0.25, -0.2) is 9.97 Å².